The van der Waals surface area contributed by atoms with E-state index in [-0.39, 0.29) is 37.3 Å². The average molecular weight is 451 g/mol. The number of alkyl halides is 2. The molecular formula is C26H36F2O4. The molecule has 0 spiro atoms. The number of halogens is 2. The van der Waals surface area contributed by atoms with E-state index in [1.807, 2.05) is 56.3 Å². The second kappa shape index (κ2) is 12.9. The van der Waals surface area contributed by atoms with Crippen LogP contribution in [-0.4, -0.2) is 40.4 Å². The van der Waals surface area contributed by atoms with E-state index in [0.29, 0.717) is 25.7 Å². The molecule has 0 bridgehead atoms. The predicted octanol–water partition coefficient (Wildman–Crippen LogP) is 5.24. The number of carbonyl (C=O) groups excluding carboxylic acids is 1. The van der Waals surface area contributed by atoms with Gasteiger partial charge >= 0.3 is 5.97 Å². The Balaban J connectivity index is 1.83. The molecule has 4 nitrogen and oxygen atoms in total. The van der Waals surface area contributed by atoms with Gasteiger partial charge in [0.25, 0.3) is 5.92 Å². The minimum absolute atomic E-state index is 0.121. The van der Waals surface area contributed by atoms with Gasteiger partial charge in [-0.2, -0.15) is 0 Å². The fourth-order valence-corrected chi connectivity index (χ4v) is 4.05. The molecule has 2 N–H and O–H groups in total. The highest BCUT2D eigenvalue weighted by Gasteiger charge is 2.40. The van der Waals surface area contributed by atoms with E-state index in [1.165, 1.54) is 6.08 Å². The predicted molar refractivity (Wildman–Crippen MR) is 121 cm³/mol. The molecule has 2 rings (SSSR count). The van der Waals surface area contributed by atoms with Gasteiger partial charge in [0.2, 0.25) is 0 Å². The van der Waals surface area contributed by atoms with E-state index < -0.39 is 24.0 Å². The van der Waals surface area contributed by atoms with E-state index in [1.54, 1.807) is 0 Å². The molecule has 1 aromatic carbocycles. The molecule has 0 unspecified atom stereocenters. The number of aryl methyl sites for hydroxylation is 1. The topological polar surface area (TPSA) is 66.8 Å². The molecular weight excluding hydrogens is 414 g/mol. The monoisotopic (exact) mass is 450 g/mol. The first-order chi connectivity index (χ1) is 15.2. The summed E-state index contributed by atoms with van der Waals surface area (Å²) in [6.45, 7) is 3.62. The lowest BCUT2D eigenvalue weighted by molar-refractivity contribution is -0.147. The van der Waals surface area contributed by atoms with Gasteiger partial charge in [-0.3, -0.25) is 4.79 Å². The van der Waals surface area contributed by atoms with Crippen molar-refractivity contribution >= 4 is 5.97 Å². The summed E-state index contributed by atoms with van der Waals surface area (Å²) in [6, 6.07) is 9.16. The minimum Gasteiger partial charge on any atom is -0.463 e. The van der Waals surface area contributed by atoms with Crippen molar-refractivity contribution in [3.05, 3.63) is 60.2 Å². The van der Waals surface area contributed by atoms with Crippen LogP contribution in [0, 0.1) is 11.8 Å². The van der Waals surface area contributed by atoms with Crippen LogP contribution in [-0.2, 0) is 16.0 Å². The molecule has 32 heavy (non-hydrogen) atoms. The van der Waals surface area contributed by atoms with E-state index in [0.717, 1.165) is 11.6 Å². The molecule has 1 saturated carbocycles. The lowest BCUT2D eigenvalue weighted by atomic mass is 9.89. The lowest BCUT2D eigenvalue weighted by Crippen LogP contribution is -2.21. The van der Waals surface area contributed by atoms with Gasteiger partial charge in [-0.15, -0.1) is 0 Å². The minimum atomic E-state index is -2.98. The maximum Gasteiger partial charge on any atom is 0.306 e. The quantitative estimate of drug-likeness (QED) is 0.260. The van der Waals surface area contributed by atoms with Crippen molar-refractivity contribution in [2.45, 2.75) is 83.0 Å². The molecule has 1 aliphatic rings. The fourth-order valence-electron chi connectivity index (χ4n) is 4.05. The highest BCUT2D eigenvalue weighted by molar-refractivity contribution is 5.69. The Labute approximate surface area is 190 Å². The summed E-state index contributed by atoms with van der Waals surface area (Å²) in [5.41, 5.74) is 0.859. The first-order valence-electron chi connectivity index (χ1n) is 11.5. The van der Waals surface area contributed by atoms with Crippen LogP contribution in [0.15, 0.2) is 54.6 Å². The molecule has 0 amide bonds. The number of esters is 1. The lowest BCUT2D eigenvalue weighted by Gasteiger charge is -2.20. The highest BCUT2D eigenvalue weighted by Crippen LogP contribution is 2.37. The summed E-state index contributed by atoms with van der Waals surface area (Å²) in [4.78, 5) is 11.5. The first kappa shape index (κ1) is 26.2. The number of rotatable bonds is 12. The van der Waals surface area contributed by atoms with Crippen molar-refractivity contribution in [2.75, 3.05) is 0 Å². The molecule has 0 radical (unpaired) electrons. The number of allylic oxidation sites excluding steroid dienone is 3. The molecule has 1 fully saturated rings. The normalized spacial score (nSPS) is 24.1. The van der Waals surface area contributed by atoms with E-state index >= 15 is 0 Å². The molecule has 1 aliphatic carbocycles. The standard InChI is InChI=1S/C26H36F2O4/c1-19(2)32-25(31)13-9-4-3-8-12-21-22(24(30)18-23(21)29)15-17-26(27,28)16-14-20-10-6-5-7-11-20/h3,5-8,10-11,15,17,19,21-24,29-30H,4,9,12-14,16,18H2,1-2H3/b8-3-,17-15+/t21-,22-,23+,24-/m1/s1. The second-order valence-electron chi connectivity index (χ2n) is 8.86. The van der Waals surface area contributed by atoms with Gasteiger partial charge in [0.05, 0.1) is 18.3 Å². The zero-order valence-electron chi connectivity index (χ0n) is 19.0. The fraction of sp³-hybridized carbons (Fsp3) is 0.577. The number of unbranched alkanes of at least 4 members (excludes halogenated alkanes) is 1. The van der Waals surface area contributed by atoms with Crippen LogP contribution >= 0.6 is 0 Å². The van der Waals surface area contributed by atoms with Crippen LogP contribution in [0.3, 0.4) is 0 Å². The third-order valence-corrected chi connectivity index (χ3v) is 5.76. The summed E-state index contributed by atoms with van der Waals surface area (Å²) < 4.78 is 33.8. The van der Waals surface area contributed by atoms with Gasteiger partial charge in [0, 0.05) is 25.2 Å². The Morgan fingerprint density at radius 1 is 1.19 bits per heavy atom. The zero-order valence-corrected chi connectivity index (χ0v) is 19.0. The van der Waals surface area contributed by atoms with E-state index in [4.69, 9.17) is 4.74 Å². The summed E-state index contributed by atoms with van der Waals surface area (Å²) in [7, 11) is 0. The van der Waals surface area contributed by atoms with Gasteiger partial charge < -0.3 is 14.9 Å². The Hall–Kier alpha value is -2.05. The smallest absolute Gasteiger partial charge is 0.306 e. The van der Waals surface area contributed by atoms with Crippen molar-refractivity contribution in [1.29, 1.82) is 0 Å². The van der Waals surface area contributed by atoms with Crippen LogP contribution in [0.25, 0.3) is 0 Å². The SMILES string of the molecule is CC(C)OC(=O)CCC/C=C\C[C@@H]1[C@@H](/C=C/C(F)(F)CCc2ccccc2)[C@H](O)C[C@@H]1O. The van der Waals surface area contributed by atoms with Crippen molar-refractivity contribution in [3.8, 4) is 0 Å². The van der Waals surface area contributed by atoms with Crippen LogP contribution in [0.1, 0.15) is 57.9 Å². The summed E-state index contributed by atoms with van der Waals surface area (Å²) in [6.07, 6.45) is 6.73. The summed E-state index contributed by atoms with van der Waals surface area (Å²) >= 11 is 0. The van der Waals surface area contributed by atoms with Crippen LogP contribution in [0.5, 0.6) is 0 Å². The van der Waals surface area contributed by atoms with Gasteiger partial charge in [0.15, 0.2) is 0 Å². The number of aliphatic hydroxyl groups is 2. The Kier molecular flexibility index (Phi) is 10.5. The molecule has 4 atom stereocenters. The Bertz CT molecular complexity index is 745. The third kappa shape index (κ3) is 9.21. The van der Waals surface area contributed by atoms with Crippen LogP contribution < -0.4 is 0 Å². The zero-order chi connectivity index (χ0) is 23.6. The highest BCUT2D eigenvalue weighted by atomic mass is 19.3. The number of ether oxygens (including phenoxy) is 1. The summed E-state index contributed by atoms with van der Waals surface area (Å²) in [5.74, 6) is -4.03. The third-order valence-electron chi connectivity index (χ3n) is 5.76. The second-order valence-corrected chi connectivity index (χ2v) is 8.86. The van der Waals surface area contributed by atoms with Crippen molar-refractivity contribution in [3.63, 3.8) is 0 Å². The molecule has 0 aromatic heterocycles. The number of carbonyl (C=O) groups is 1. The largest absolute Gasteiger partial charge is 0.463 e. The number of hydrogen-bond donors (Lipinski definition) is 2. The molecule has 1 aromatic rings. The molecule has 178 valence electrons. The van der Waals surface area contributed by atoms with Crippen molar-refractivity contribution < 1.29 is 28.5 Å². The Morgan fingerprint density at radius 2 is 1.91 bits per heavy atom. The molecule has 6 heteroatoms. The van der Waals surface area contributed by atoms with E-state index in [2.05, 4.69) is 0 Å². The number of hydrogen-bond acceptors (Lipinski definition) is 4. The maximum atomic E-state index is 14.4. The number of aliphatic hydroxyl groups excluding tert-OH is 2. The van der Waals surface area contributed by atoms with Crippen LogP contribution in [0.2, 0.25) is 0 Å². The average Bonchev–Trinajstić information content (AvgIpc) is 3.00. The Morgan fingerprint density at radius 3 is 2.59 bits per heavy atom. The summed E-state index contributed by atoms with van der Waals surface area (Å²) in [5, 5.41) is 20.6. The van der Waals surface area contributed by atoms with Crippen LogP contribution in [0.4, 0.5) is 8.78 Å². The van der Waals surface area contributed by atoms with Gasteiger partial charge in [0.1, 0.15) is 0 Å². The maximum absolute atomic E-state index is 14.4. The van der Waals surface area contributed by atoms with Gasteiger partial charge in [-0.25, -0.2) is 8.78 Å². The number of benzene rings is 1. The van der Waals surface area contributed by atoms with Crippen molar-refractivity contribution in [2.24, 2.45) is 11.8 Å². The van der Waals surface area contributed by atoms with Gasteiger partial charge in [-0.05, 0) is 57.1 Å². The van der Waals surface area contributed by atoms with Crippen molar-refractivity contribution in [1.82, 2.24) is 0 Å². The molecule has 0 heterocycles. The molecule has 0 saturated heterocycles. The first-order valence-corrected chi connectivity index (χ1v) is 11.5. The molecule has 0 aliphatic heterocycles. The van der Waals surface area contributed by atoms with E-state index in [9.17, 15) is 23.8 Å². The van der Waals surface area contributed by atoms with Gasteiger partial charge in [-0.1, -0.05) is 48.6 Å².